The summed E-state index contributed by atoms with van der Waals surface area (Å²) in [5, 5.41) is 5.30. The molecule has 1 atom stereocenters. The van der Waals surface area contributed by atoms with Gasteiger partial charge in [0.1, 0.15) is 11.8 Å². The SMILES string of the molecule is CCOC(=O)C(C(=O)OCC)C(Nc1ccc(Oc2ccnc3cc(-c4ccc(CNCCOC)cn4)sc23)c(F)c1)C(F)(F)F. The predicted octanol–water partition coefficient (Wildman–Crippen LogP) is 6.11. The van der Waals surface area contributed by atoms with Gasteiger partial charge in [-0.3, -0.25) is 19.6 Å². The lowest BCUT2D eigenvalue weighted by Gasteiger charge is -2.28. The zero-order chi connectivity index (χ0) is 33.3. The Morgan fingerprint density at radius 2 is 1.72 bits per heavy atom. The summed E-state index contributed by atoms with van der Waals surface area (Å²) in [5.41, 5.74) is 1.93. The molecule has 1 unspecified atom stereocenters. The third kappa shape index (κ3) is 8.68. The van der Waals surface area contributed by atoms with E-state index in [0.29, 0.717) is 35.6 Å². The molecule has 15 heteroatoms. The second-order valence-corrected chi connectivity index (χ2v) is 10.8. The quantitative estimate of drug-likeness (QED) is 0.0667. The standard InChI is InChI=1S/C31H32F4N4O6S/c1-4-43-29(40)26(30(41)44-5-2)28(31(33,34)35)39-19-7-9-23(20(32)14-19)45-24-10-11-37-22-15-25(46-27(22)24)21-8-6-18(17-38-21)16-36-12-13-42-3/h6-11,14-15,17,26,28,36,39H,4-5,12-13,16H2,1-3H3. The van der Waals surface area contributed by atoms with Crippen LogP contribution in [-0.4, -0.2) is 67.6 Å². The van der Waals surface area contributed by atoms with E-state index in [-0.39, 0.29) is 30.4 Å². The van der Waals surface area contributed by atoms with Crippen molar-refractivity contribution in [2.45, 2.75) is 32.6 Å². The molecule has 10 nitrogen and oxygen atoms in total. The lowest BCUT2D eigenvalue weighted by atomic mass is 9.98. The van der Waals surface area contributed by atoms with Crippen LogP contribution >= 0.6 is 11.3 Å². The number of anilines is 1. The molecule has 0 saturated carbocycles. The minimum Gasteiger partial charge on any atom is -0.465 e. The van der Waals surface area contributed by atoms with Gasteiger partial charge in [-0.2, -0.15) is 13.2 Å². The molecule has 0 aliphatic heterocycles. The average Bonchev–Trinajstić information content (AvgIpc) is 3.46. The smallest absolute Gasteiger partial charge is 0.409 e. The highest BCUT2D eigenvalue weighted by Gasteiger charge is 2.52. The number of benzene rings is 1. The lowest BCUT2D eigenvalue weighted by Crippen LogP contribution is -2.50. The van der Waals surface area contributed by atoms with E-state index in [1.54, 1.807) is 19.4 Å². The summed E-state index contributed by atoms with van der Waals surface area (Å²) < 4.78 is 78.3. The molecule has 0 fully saturated rings. The lowest BCUT2D eigenvalue weighted by molar-refractivity contribution is -0.184. The van der Waals surface area contributed by atoms with Crippen molar-refractivity contribution in [1.29, 1.82) is 0 Å². The number of carbonyl (C=O) groups excluding carboxylic acids is 2. The summed E-state index contributed by atoms with van der Waals surface area (Å²) in [5.74, 6) is -6.21. The topological polar surface area (TPSA) is 121 Å². The molecule has 4 rings (SSSR count). The zero-order valence-corrected chi connectivity index (χ0v) is 26.0. The fourth-order valence-electron chi connectivity index (χ4n) is 4.36. The maximum absolute atomic E-state index is 15.2. The van der Waals surface area contributed by atoms with E-state index >= 15 is 4.39 Å². The number of pyridine rings is 2. The summed E-state index contributed by atoms with van der Waals surface area (Å²) >= 11 is 1.33. The molecule has 0 spiro atoms. The van der Waals surface area contributed by atoms with Crippen LogP contribution in [0, 0.1) is 11.7 Å². The number of carbonyl (C=O) groups is 2. The maximum atomic E-state index is 15.2. The van der Waals surface area contributed by atoms with E-state index in [9.17, 15) is 22.8 Å². The fraction of sp³-hybridized carbons (Fsp3) is 0.355. The Morgan fingerprint density at radius 3 is 2.33 bits per heavy atom. The van der Waals surface area contributed by atoms with Crippen LogP contribution in [0.4, 0.5) is 23.2 Å². The van der Waals surface area contributed by atoms with Crippen LogP contribution in [0.5, 0.6) is 11.5 Å². The molecular formula is C31H32F4N4O6S. The van der Waals surface area contributed by atoms with Gasteiger partial charge >= 0.3 is 18.1 Å². The fourth-order valence-corrected chi connectivity index (χ4v) is 5.40. The molecule has 46 heavy (non-hydrogen) atoms. The highest BCUT2D eigenvalue weighted by atomic mass is 32.1. The maximum Gasteiger partial charge on any atom is 0.409 e. The van der Waals surface area contributed by atoms with Crippen molar-refractivity contribution in [2.75, 3.05) is 38.8 Å². The van der Waals surface area contributed by atoms with Crippen LogP contribution in [-0.2, 0) is 30.3 Å². The Bertz CT molecular complexity index is 1620. The predicted molar refractivity (Wildman–Crippen MR) is 163 cm³/mol. The Labute approximate surface area is 266 Å². The van der Waals surface area contributed by atoms with Crippen molar-refractivity contribution < 1.29 is 46.1 Å². The molecule has 0 amide bonds. The van der Waals surface area contributed by atoms with E-state index in [4.69, 9.17) is 18.9 Å². The van der Waals surface area contributed by atoms with Gasteiger partial charge in [0.05, 0.1) is 40.6 Å². The second kappa shape index (κ2) is 15.8. The third-order valence-corrected chi connectivity index (χ3v) is 7.67. The molecule has 246 valence electrons. The van der Waals surface area contributed by atoms with E-state index in [2.05, 4.69) is 20.6 Å². The number of halogens is 4. The van der Waals surface area contributed by atoms with Crippen molar-refractivity contribution in [2.24, 2.45) is 5.92 Å². The third-order valence-electron chi connectivity index (χ3n) is 6.51. The number of aromatic nitrogens is 2. The van der Waals surface area contributed by atoms with E-state index in [1.807, 2.05) is 18.2 Å². The van der Waals surface area contributed by atoms with Crippen LogP contribution in [0.3, 0.4) is 0 Å². The zero-order valence-electron chi connectivity index (χ0n) is 25.2. The molecule has 0 bridgehead atoms. The summed E-state index contributed by atoms with van der Waals surface area (Å²) in [6.45, 7) is 4.20. The number of nitrogens with one attached hydrogen (secondary N) is 2. The number of fused-ring (bicyclic) bond motifs is 1. The molecule has 2 N–H and O–H groups in total. The van der Waals surface area contributed by atoms with E-state index in [1.165, 1.54) is 31.4 Å². The molecular weight excluding hydrogens is 632 g/mol. The van der Waals surface area contributed by atoms with Crippen molar-refractivity contribution in [3.63, 3.8) is 0 Å². The summed E-state index contributed by atoms with van der Waals surface area (Å²) in [4.78, 5) is 34.4. The van der Waals surface area contributed by atoms with Crippen LogP contribution in [0.1, 0.15) is 19.4 Å². The number of hydrogen-bond acceptors (Lipinski definition) is 11. The van der Waals surface area contributed by atoms with Gasteiger partial charge in [-0.25, -0.2) is 4.39 Å². The van der Waals surface area contributed by atoms with Crippen molar-refractivity contribution >= 4 is 39.2 Å². The molecule has 1 aromatic carbocycles. The van der Waals surface area contributed by atoms with Gasteiger partial charge < -0.3 is 29.6 Å². The van der Waals surface area contributed by atoms with Crippen LogP contribution in [0.25, 0.3) is 20.8 Å². The number of nitrogens with zero attached hydrogens (tertiary/aromatic N) is 2. The molecule has 3 heterocycles. The van der Waals surface area contributed by atoms with Crippen molar-refractivity contribution in [1.82, 2.24) is 15.3 Å². The second-order valence-electron chi connectivity index (χ2n) is 9.75. The van der Waals surface area contributed by atoms with Gasteiger partial charge in [-0.05, 0) is 43.7 Å². The number of hydrogen-bond donors (Lipinski definition) is 2. The number of thiophene rings is 1. The monoisotopic (exact) mass is 664 g/mol. The van der Waals surface area contributed by atoms with Crippen molar-refractivity contribution in [3.05, 3.63) is 66.2 Å². The number of esters is 2. The largest absolute Gasteiger partial charge is 0.465 e. The number of ether oxygens (including phenoxy) is 4. The Hall–Kier alpha value is -4.34. The van der Waals surface area contributed by atoms with Gasteiger partial charge in [0, 0.05) is 50.4 Å². The molecule has 0 radical (unpaired) electrons. The highest BCUT2D eigenvalue weighted by Crippen LogP contribution is 2.39. The molecule has 0 aliphatic carbocycles. The Kier molecular flexibility index (Phi) is 11.8. The summed E-state index contributed by atoms with van der Waals surface area (Å²) in [6, 6.07) is 7.50. The Balaban J connectivity index is 1.54. The first-order valence-electron chi connectivity index (χ1n) is 14.2. The number of alkyl halides is 3. The van der Waals surface area contributed by atoms with Gasteiger partial charge in [-0.1, -0.05) is 6.07 Å². The highest BCUT2D eigenvalue weighted by molar-refractivity contribution is 7.22. The first kappa shape index (κ1) is 34.5. The first-order chi connectivity index (χ1) is 22.0. The minimum absolute atomic E-state index is 0.260. The van der Waals surface area contributed by atoms with Gasteiger partial charge in [0.15, 0.2) is 17.5 Å². The Morgan fingerprint density at radius 1 is 0.978 bits per heavy atom. The van der Waals surface area contributed by atoms with Gasteiger partial charge in [0.2, 0.25) is 0 Å². The normalized spacial score (nSPS) is 12.3. The average molecular weight is 665 g/mol. The first-order valence-corrected chi connectivity index (χ1v) is 15.0. The molecule has 0 aliphatic rings. The molecule has 0 saturated heterocycles. The van der Waals surface area contributed by atoms with Gasteiger partial charge in [0.25, 0.3) is 0 Å². The van der Waals surface area contributed by atoms with Crippen molar-refractivity contribution in [3.8, 4) is 22.1 Å². The van der Waals surface area contributed by atoms with Crippen LogP contribution < -0.4 is 15.4 Å². The molecule has 3 aromatic heterocycles. The van der Waals surface area contributed by atoms with Gasteiger partial charge in [-0.15, -0.1) is 11.3 Å². The van der Waals surface area contributed by atoms with Crippen LogP contribution in [0.15, 0.2) is 54.9 Å². The van der Waals surface area contributed by atoms with E-state index < -0.39 is 35.9 Å². The summed E-state index contributed by atoms with van der Waals surface area (Å²) in [6.07, 6.45) is -1.85. The minimum atomic E-state index is -5.11. The van der Waals surface area contributed by atoms with E-state index in [0.717, 1.165) is 28.6 Å². The number of methoxy groups -OCH3 is 1. The van der Waals surface area contributed by atoms with Crippen LogP contribution in [0.2, 0.25) is 0 Å². The summed E-state index contributed by atoms with van der Waals surface area (Å²) in [7, 11) is 1.64. The number of rotatable bonds is 15. The molecule has 4 aromatic rings.